The molecule has 17 heavy (non-hydrogen) atoms. The van der Waals surface area contributed by atoms with Crippen LogP contribution in [0.3, 0.4) is 0 Å². The van der Waals surface area contributed by atoms with Crippen molar-refractivity contribution in [2.45, 2.75) is 31.3 Å². The highest BCUT2D eigenvalue weighted by molar-refractivity contribution is 6.31. The minimum atomic E-state index is -0.629. The summed E-state index contributed by atoms with van der Waals surface area (Å²) < 4.78 is 0. The number of rotatable bonds is 3. The van der Waals surface area contributed by atoms with E-state index in [9.17, 15) is 4.79 Å². The van der Waals surface area contributed by atoms with Crippen molar-refractivity contribution in [1.82, 2.24) is 5.32 Å². The first-order valence-corrected chi connectivity index (χ1v) is 5.75. The summed E-state index contributed by atoms with van der Waals surface area (Å²) in [6.45, 7) is 1.91. The third-order valence-electron chi connectivity index (χ3n) is 2.96. The molecule has 0 bridgehead atoms. The Labute approximate surface area is 112 Å². The molecule has 0 saturated heterocycles. The van der Waals surface area contributed by atoms with Crippen molar-refractivity contribution < 1.29 is 4.79 Å². The minimum absolute atomic E-state index is 0. The maximum Gasteiger partial charge on any atom is 0.240 e. The Balaban J connectivity index is 0.00000144. The van der Waals surface area contributed by atoms with Crippen LogP contribution < -0.4 is 11.1 Å². The summed E-state index contributed by atoms with van der Waals surface area (Å²) in [5.41, 5.74) is 6.10. The quantitative estimate of drug-likeness (QED) is 0.890. The van der Waals surface area contributed by atoms with Crippen molar-refractivity contribution >= 4 is 29.9 Å². The van der Waals surface area contributed by atoms with Gasteiger partial charge in [-0.3, -0.25) is 4.79 Å². The van der Waals surface area contributed by atoms with Gasteiger partial charge in [0, 0.05) is 5.02 Å². The molecule has 0 heterocycles. The number of halogens is 2. The van der Waals surface area contributed by atoms with E-state index in [2.05, 4.69) is 5.32 Å². The van der Waals surface area contributed by atoms with Crippen LogP contribution in [0.15, 0.2) is 24.3 Å². The lowest BCUT2D eigenvalue weighted by Gasteiger charge is -2.18. The van der Waals surface area contributed by atoms with Crippen LogP contribution in [-0.2, 0) is 4.79 Å². The standard InChI is InChI=1S/C12H15ClN2O.ClH/c1-8(9-4-2-3-5-10(9)13)15-11(16)12(14)6-7-12;/h2-5,8H,6-7,14H2,1H3,(H,15,16);1H. The number of hydrogen-bond donors (Lipinski definition) is 2. The first kappa shape index (κ1) is 14.3. The van der Waals surface area contributed by atoms with Gasteiger partial charge in [0.25, 0.3) is 0 Å². The highest BCUT2D eigenvalue weighted by atomic mass is 35.5. The fourth-order valence-corrected chi connectivity index (χ4v) is 1.91. The summed E-state index contributed by atoms with van der Waals surface area (Å²) in [5.74, 6) is -0.0834. The van der Waals surface area contributed by atoms with Crippen LogP contribution in [0.5, 0.6) is 0 Å². The number of carbonyl (C=O) groups is 1. The van der Waals surface area contributed by atoms with E-state index in [0.29, 0.717) is 5.02 Å². The zero-order valence-electron chi connectivity index (χ0n) is 9.57. The summed E-state index contributed by atoms with van der Waals surface area (Å²) in [7, 11) is 0. The molecule has 1 atom stereocenters. The molecule has 1 aliphatic rings. The van der Waals surface area contributed by atoms with Gasteiger partial charge in [-0.05, 0) is 31.4 Å². The molecule has 2 rings (SSSR count). The normalized spacial score (nSPS) is 17.8. The number of carbonyl (C=O) groups excluding carboxylic acids is 1. The molecule has 1 saturated carbocycles. The van der Waals surface area contributed by atoms with Crippen LogP contribution >= 0.6 is 24.0 Å². The Hall–Kier alpha value is -0.770. The van der Waals surface area contributed by atoms with Gasteiger partial charge in [0.1, 0.15) is 0 Å². The maximum atomic E-state index is 11.7. The van der Waals surface area contributed by atoms with Gasteiger partial charge >= 0.3 is 0 Å². The predicted octanol–water partition coefficient (Wildman–Crippen LogP) is 2.43. The molecule has 1 amide bonds. The molecule has 0 spiro atoms. The van der Waals surface area contributed by atoms with Crippen molar-refractivity contribution in [3.05, 3.63) is 34.9 Å². The van der Waals surface area contributed by atoms with Gasteiger partial charge in [-0.1, -0.05) is 29.8 Å². The molecular weight excluding hydrogens is 259 g/mol. The van der Waals surface area contributed by atoms with E-state index >= 15 is 0 Å². The van der Waals surface area contributed by atoms with E-state index in [4.69, 9.17) is 17.3 Å². The maximum absolute atomic E-state index is 11.7. The van der Waals surface area contributed by atoms with E-state index in [-0.39, 0.29) is 24.4 Å². The molecule has 5 heteroatoms. The Kier molecular flexibility index (Phi) is 4.42. The lowest BCUT2D eigenvalue weighted by molar-refractivity contribution is -0.123. The highest BCUT2D eigenvalue weighted by Gasteiger charge is 2.46. The summed E-state index contributed by atoms with van der Waals surface area (Å²) in [5, 5.41) is 3.56. The largest absolute Gasteiger partial charge is 0.348 e. The molecule has 1 aliphatic carbocycles. The van der Waals surface area contributed by atoms with Gasteiger partial charge in [-0.25, -0.2) is 0 Å². The molecule has 3 N–H and O–H groups in total. The topological polar surface area (TPSA) is 55.1 Å². The van der Waals surface area contributed by atoms with Crippen LogP contribution in [0.2, 0.25) is 5.02 Å². The summed E-state index contributed by atoms with van der Waals surface area (Å²) in [6, 6.07) is 7.38. The predicted molar refractivity (Wildman–Crippen MR) is 71.4 cm³/mol. The Morgan fingerprint density at radius 3 is 2.59 bits per heavy atom. The first-order valence-electron chi connectivity index (χ1n) is 5.37. The molecular formula is C12H16Cl2N2O. The molecule has 94 valence electrons. The van der Waals surface area contributed by atoms with Crippen molar-refractivity contribution in [3.63, 3.8) is 0 Å². The van der Waals surface area contributed by atoms with Gasteiger partial charge in [0.2, 0.25) is 5.91 Å². The zero-order valence-corrected chi connectivity index (χ0v) is 11.1. The fraction of sp³-hybridized carbons (Fsp3) is 0.417. The monoisotopic (exact) mass is 274 g/mol. The number of hydrogen-bond acceptors (Lipinski definition) is 2. The Morgan fingerprint density at radius 1 is 1.47 bits per heavy atom. The van der Waals surface area contributed by atoms with Gasteiger partial charge in [0.15, 0.2) is 0 Å². The van der Waals surface area contributed by atoms with E-state index in [1.807, 2.05) is 31.2 Å². The van der Waals surface area contributed by atoms with Gasteiger partial charge < -0.3 is 11.1 Å². The number of amides is 1. The molecule has 1 unspecified atom stereocenters. The van der Waals surface area contributed by atoms with Gasteiger partial charge in [-0.2, -0.15) is 0 Å². The summed E-state index contributed by atoms with van der Waals surface area (Å²) in [6.07, 6.45) is 1.54. The average molecular weight is 275 g/mol. The number of nitrogens with one attached hydrogen (secondary N) is 1. The van der Waals surface area contributed by atoms with Crippen LogP contribution in [0.4, 0.5) is 0 Å². The number of nitrogens with two attached hydrogens (primary N) is 1. The van der Waals surface area contributed by atoms with Crippen molar-refractivity contribution in [2.75, 3.05) is 0 Å². The van der Waals surface area contributed by atoms with E-state index in [1.165, 1.54) is 0 Å². The smallest absolute Gasteiger partial charge is 0.240 e. The van der Waals surface area contributed by atoms with Crippen LogP contribution in [0.1, 0.15) is 31.4 Å². The second-order valence-corrected chi connectivity index (χ2v) is 4.78. The molecule has 0 aliphatic heterocycles. The zero-order chi connectivity index (χ0) is 11.8. The molecule has 1 fully saturated rings. The number of benzene rings is 1. The lowest BCUT2D eigenvalue weighted by atomic mass is 10.1. The molecule has 0 aromatic heterocycles. The van der Waals surface area contributed by atoms with Crippen LogP contribution in [0, 0.1) is 0 Å². The van der Waals surface area contributed by atoms with E-state index in [0.717, 1.165) is 18.4 Å². The molecule has 1 aromatic carbocycles. The Morgan fingerprint density at radius 2 is 2.06 bits per heavy atom. The third-order valence-corrected chi connectivity index (χ3v) is 3.30. The van der Waals surface area contributed by atoms with E-state index < -0.39 is 5.54 Å². The van der Waals surface area contributed by atoms with Gasteiger partial charge in [0.05, 0.1) is 11.6 Å². The Bertz CT molecular complexity index is 419. The molecule has 0 radical (unpaired) electrons. The van der Waals surface area contributed by atoms with Crippen LogP contribution in [0.25, 0.3) is 0 Å². The summed E-state index contributed by atoms with van der Waals surface area (Å²) in [4.78, 5) is 11.7. The second kappa shape index (κ2) is 5.25. The highest BCUT2D eigenvalue weighted by Crippen LogP contribution is 2.33. The van der Waals surface area contributed by atoms with Gasteiger partial charge in [-0.15, -0.1) is 12.4 Å². The molecule has 3 nitrogen and oxygen atoms in total. The third kappa shape index (κ3) is 3.12. The lowest BCUT2D eigenvalue weighted by Crippen LogP contribution is -2.43. The van der Waals surface area contributed by atoms with E-state index in [1.54, 1.807) is 0 Å². The van der Waals surface area contributed by atoms with Crippen molar-refractivity contribution in [2.24, 2.45) is 5.73 Å². The van der Waals surface area contributed by atoms with Crippen LogP contribution in [-0.4, -0.2) is 11.4 Å². The average Bonchev–Trinajstić information content (AvgIpc) is 2.98. The first-order chi connectivity index (χ1) is 7.53. The van der Waals surface area contributed by atoms with Crippen molar-refractivity contribution in [1.29, 1.82) is 0 Å². The second-order valence-electron chi connectivity index (χ2n) is 4.37. The molecule has 1 aromatic rings. The summed E-state index contributed by atoms with van der Waals surface area (Å²) >= 11 is 6.05. The fourth-order valence-electron chi connectivity index (χ4n) is 1.61. The SMILES string of the molecule is CC(NC(=O)C1(N)CC1)c1ccccc1Cl.Cl. The minimum Gasteiger partial charge on any atom is -0.348 e. The van der Waals surface area contributed by atoms with Crippen molar-refractivity contribution in [3.8, 4) is 0 Å².